The Labute approximate surface area is 159 Å². The highest BCUT2D eigenvalue weighted by atomic mass is 35.5. The second-order valence-corrected chi connectivity index (χ2v) is 6.39. The summed E-state index contributed by atoms with van der Waals surface area (Å²) in [6.45, 7) is 2.36. The van der Waals surface area contributed by atoms with Gasteiger partial charge in [-0.1, -0.05) is 17.7 Å². The lowest BCUT2D eigenvalue weighted by molar-refractivity contribution is -0.274. The molecular formula is C18H17ClF3N3O2. The fourth-order valence-electron chi connectivity index (χ4n) is 2.78. The van der Waals surface area contributed by atoms with Crippen LogP contribution in [0.2, 0.25) is 5.02 Å². The number of anilines is 2. The van der Waals surface area contributed by atoms with Crippen molar-refractivity contribution < 1.29 is 22.7 Å². The number of hydrogen-bond acceptors (Lipinski definition) is 3. The van der Waals surface area contributed by atoms with Crippen LogP contribution in [0.4, 0.5) is 29.3 Å². The van der Waals surface area contributed by atoms with Crippen LogP contribution in [0.1, 0.15) is 0 Å². The minimum atomic E-state index is -4.74. The molecule has 9 heteroatoms. The van der Waals surface area contributed by atoms with Gasteiger partial charge in [0.2, 0.25) is 0 Å². The Balaban J connectivity index is 1.52. The summed E-state index contributed by atoms with van der Waals surface area (Å²) in [6, 6.07) is 12.3. The van der Waals surface area contributed by atoms with Gasteiger partial charge >= 0.3 is 12.4 Å². The third-order valence-corrected chi connectivity index (χ3v) is 4.31. The van der Waals surface area contributed by atoms with Gasteiger partial charge in [0.25, 0.3) is 0 Å². The fourth-order valence-corrected chi connectivity index (χ4v) is 2.97. The van der Waals surface area contributed by atoms with Crippen LogP contribution in [0.3, 0.4) is 0 Å². The van der Waals surface area contributed by atoms with E-state index in [9.17, 15) is 18.0 Å². The van der Waals surface area contributed by atoms with Crippen LogP contribution in [-0.2, 0) is 0 Å². The van der Waals surface area contributed by atoms with E-state index in [1.807, 2.05) is 18.2 Å². The quantitative estimate of drug-likeness (QED) is 0.820. The number of ether oxygens (including phenoxy) is 1. The van der Waals surface area contributed by atoms with Crippen LogP contribution < -0.4 is 15.0 Å². The fraction of sp³-hybridized carbons (Fsp3) is 0.278. The average molecular weight is 400 g/mol. The standard InChI is InChI=1S/C18H17ClF3N3O2/c19-13-2-1-3-15(12-13)24-8-10-25(11-9-24)17(26)23-14-4-6-16(7-5-14)27-18(20,21)22/h1-7,12H,8-11H2,(H,23,26). The van der Waals surface area contributed by atoms with Crippen LogP contribution in [-0.4, -0.2) is 43.5 Å². The Kier molecular flexibility index (Phi) is 5.65. The summed E-state index contributed by atoms with van der Waals surface area (Å²) < 4.78 is 40.3. The predicted molar refractivity (Wildman–Crippen MR) is 97.4 cm³/mol. The largest absolute Gasteiger partial charge is 0.573 e. The highest BCUT2D eigenvalue weighted by Gasteiger charge is 2.31. The molecule has 1 aliphatic heterocycles. The van der Waals surface area contributed by atoms with Crippen molar-refractivity contribution in [2.45, 2.75) is 6.36 Å². The van der Waals surface area contributed by atoms with Gasteiger partial charge in [0.15, 0.2) is 0 Å². The van der Waals surface area contributed by atoms with Crippen LogP contribution in [0, 0.1) is 0 Å². The predicted octanol–water partition coefficient (Wildman–Crippen LogP) is 4.59. The van der Waals surface area contributed by atoms with Gasteiger partial charge in [0.1, 0.15) is 5.75 Å². The van der Waals surface area contributed by atoms with Gasteiger partial charge in [-0.2, -0.15) is 0 Å². The van der Waals surface area contributed by atoms with Crippen LogP contribution in [0.25, 0.3) is 0 Å². The minimum absolute atomic E-state index is 0.301. The number of carbonyl (C=O) groups is 1. The number of halogens is 4. The first-order chi connectivity index (χ1) is 12.8. The lowest BCUT2D eigenvalue weighted by Crippen LogP contribution is -2.50. The number of alkyl halides is 3. The van der Waals surface area contributed by atoms with Gasteiger partial charge in [-0.25, -0.2) is 4.79 Å². The Morgan fingerprint density at radius 2 is 1.70 bits per heavy atom. The lowest BCUT2D eigenvalue weighted by atomic mass is 10.2. The number of amides is 2. The molecule has 2 aromatic carbocycles. The first-order valence-corrected chi connectivity index (χ1v) is 8.60. The van der Waals surface area contributed by atoms with E-state index in [0.717, 1.165) is 17.8 Å². The summed E-state index contributed by atoms with van der Waals surface area (Å²) in [5.74, 6) is -0.337. The van der Waals surface area contributed by atoms with E-state index in [2.05, 4.69) is 15.0 Å². The molecule has 1 N–H and O–H groups in total. The second-order valence-electron chi connectivity index (χ2n) is 5.96. The summed E-state index contributed by atoms with van der Waals surface area (Å²) in [5, 5.41) is 3.33. The normalized spacial score (nSPS) is 14.8. The van der Waals surface area contributed by atoms with Gasteiger partial charge in [-0.3, -0.25) is 0 Å². The molecule has 0 spiro atoms. The maximum Gasteiger partial charge on any atom is 0.573 e. The highest BCUT2D eigenvalue weighted by Crippen LogP contribution is 2.24. The van der Waals surface area contributed by atoms with Gasteiger partial charge in [-0.15, -0.1) is 13.2 Å². The molecule has 1 aliphatic rings. The van der Waals surface area contributed by atoms with E-state index in [1.165, 1.54) is 12.1 Å². The van der Waals surface area contributed by atoms with Gasteiger partial charge < -0.3 is 19.9 Å². The molecule has 0 aliphatic carbocycles. The summed E-state index contributed by atoms with van der Waals surface area (Å²) in [7, 11) is 0. The number of nitrogens with one attached hydrogen (secondary N) is 1. The zero-order valence-corrected chi connectivity index (χ0v) is 14.9. The minimum Gasteiger partial charge on any atom is -0.406 e. The maximum absolute atomic E-state index is 12.3. The molecule has 27 heavy (non-hydrogen) atoms. The van der Waals surface area contributed by atoms with Crippen molar-refractivity contribution in [1.29, 1.82) is 0 Å². The van der Waals surface area contributed by atoms with Crippen molar-refractivity contribution in [2.24, 2.45) is 0 Å². The smallest absolute Gasteiger partial charge is 0.406 e. The van der Waals surface area contributed by atoms with E-state index in [0.29, 0.717) is 36.9 Å². The van der Waals surface area contributed by atoms with Crippen LogP contribution in [0.15, 0.2) is 48.5 Å². The van der Waals surface area contributed by atoms with Gasteiger partial charge in [0, 0.05) is 42.6 Å². The van der Waals surface area contributed by atoms with Gasteiger partial charge in [-0.05, 0) is 42.5 Å². The van der Waals surface area contributed by atoms with Crippen molar-refractivity contribution in [1.82, 2.24) is 4.90 Å². The molecule has 1 heterocycles. The Morgan fingerprint density at radius 3 is 2.30 bits per heavy atom. The summed E-state index contributed by atoms with van der Waals surface area (Å²) in [4.78, 5) is 16.1. The zero-order valence-electron chi connectivity index (χ0n) is 14.2. The van der Waals surface area contributed by atoms with E-state index in [4.69, 9.17) is 11.6 Å². The van der Waals surface area contributed by atoms with Crippen molar-refractivity contribution in [2.75, 3.05) is 36.4 Å². The molecule has 1 saturated heterocycles. The number of carbonyl (C=O) groups excluding carboxylic acids is 1. The Hall–Kier alpha value is -2.61. The Morgan fingerprint density at radius 1 is 1.04 bits per heavy atom. The SMILES string of the molecule is O=C(Nc1ccc(OC(F)(F)F)cc1)N1CCN(c2cccc(Cl)c2)CC1. The van der Waals surface area contributed by atoms with Gasteiger partial charge in [0.05, 0.1) is 0 Å². The molecular weight excluding hydrogens is 383 g/mol. The third-order valence-electron chi connectivity index (χ3n) is 4.08. The summed E-state index contributed by atoms with van der Waals surface area (Å²) in [5.41, 5.74) is 1.40. The molecule has 1 fully saturated rings. The van der Waals surface area contributed by atoms with E-state index in [-0.39, 0.29) is 11.8 Å². The number of nitrogens with zero attached hydrogens (tertiary/aromatic N) is 2. The summed E-state index contributed by atoms with van der Waals surface area (Å²) in [6.07, 6.45) is -4.74. The molecule has 2 amide bonds. The monoisotopic (exact) mass is 399 g/mol. The van der Waals surface area contributed by atoms with Crippen molar-refractivity contribution in [3.63, 3.8) is 0 Å². The molecule has 0 saturated carbocycles. The topological polar surface area (TPSA) is 44.8 Å². The lowest BCUT2D eigenvalue weighted by Gasteiger charge is -2.36. The number of piperazine rings is 1. The van der Waals surface area contributed by atoms with Crippen molar-refractivity contribution in [3.05, 3.63) is 53.6 Å². The average Bonchev–Trinajstić information content (AvgIpc) is 2.62. The number of hydrogen-bond donors (Lipinski definition) is 1. The Bertz CT molecular complexity index is 791. The van der Waals surface area contributed by atoms with E-state index in [1.54, 1.807) is 11.0 Å². The summed E-state index contributed by atoms with van der Waals surface area (Å²) >= 11 is 6.01. The molecule has 0 radical (unpaired) electrons. The number of benzene rings is 2. The molecule has 5 nitrogen and oxygen atoms in total. The van der Waals surface area contributed by atoms with E-state index < -0.39 is 6.36 Å². The zero-order chi connectivity index (χ0) is 19.4. The second kappa shape index (κ2) is 7.96. The van der Waals surface area contributed by atoms with Crippen LogP contribution in [0.5, 0.6) is 5.75 Å². The molecule has 0 aromatic heterocycles. The highest BCUT2D eigenvalue weighted by molar-refractivity contribution is 6.30. The molecule has 0 unspecified atom stereocenters. The molecule has 3 rings (SSSR count). The maximum atomic E-state index is 12.3. The van der Waals surface area contributed by atoms with E-state index >= 15 is 0 Å². The van der Waals surface area contributed by atoms with Crippen molar-refractivity contribution >= 4 is 29.0 Å². The number of urea groups is 1. The van der Waals surface area contributed by atoms with Crippen molar-refractivity contribution in [3.8, 4) is 5.75 Å². The molecule has 0 atom stereocenters. The molecule has 2 aromatic rings. The first kappa shape index (κ1) is 19.2. The molecule has 144 valence electrons. The van der Waals surface area contributed by atoms with Crippen LogP contribution >= 0.6 is 11.6 Å². The first-order valence-electron chi connectivity index (χ1n) is 8.22. The molecule has 0 bridgehead atoms. The number of rotatable bonds is 3. The third kappa shape index (κ3) is 5.43.